The van der Waals surface area contributed by atoms with E-state index in [4.69, 9.17) is 70.6 Å². The van der Waals surface area contributed by atoms with Crippen molar-refractivity contribution in [2.24, 2.45) is 0 Å². The molecule has 0 amide bonds. The Morgan fingerprint density at radius 1 is 0.724 bits per heavy atom. The Balaban J connectivity index is 0.860. The number of nitrogen functional groups attached to an aromatic ring is 3. The Morgan fingerprint density at radius 2 is 1.22 bits per heavy atom. The van der Waals surface area contributed by atoms with Gasteiger partial charge in [0.15, 0.2) is 58.2 Å². The highest BCUT2D eigenvalue weighted by Crippen LogP contribution is 2.57. The first-order valence-corrected chi connectivity index (χ1v) is 30.9. The number of anilines is 3. The van der Waals surface area contributed by atoms with Gasteiger partial charge in [-0.3, -0.25) is 36.6 Å². The molecule has 0 bridgehead atoms. The van der Waals surface area contributed by atoms with Crippen molar-refractivity contribution in [2.75, 3.05) is 55.1 Å². The Bertz CT molecular complexity index is 3280. The summed E-state index contributed by atoms with van der Waals surface area (Å²) in [6.07, 6.45) is -8.84. The molecule has 39 heteroatoms. The number of carbonyl (C=O) groups is 1. The van der Waals surface area contributed by atoms with E-state index < -0.39 is 114 Å². The van der Waals surface area contributed by atoms with Gasteiger partial charge < -0.3 is 70.7 Å². The van der Waals surface area contributed by atoms with E-state index in [2.05, 4.69) is 44.9 Å². The van der Waals surface area contributed by atoms with Gasteiger partial charge >= 0.3 is 21.3 Å². The number of phosphoric acid groups is 1. The molecular weight excluding hydrogens is 1130 g/mol. The third-order valence-electron chi connectivity index (χ3n) is 12.6. The summed E-state index contributed by atoms with van der Waals surface area (Å²) in [5.41, 5.74) is 17.4. The van der Waals surface area contributed by atoms with Crippen LogP contribution in [0.25, 0.3) is 33.5 Å². The van der Waals surface area contributed by atoms with E-state index in [1.807, 2.05) is 0 Å². The molecule has 9 unspecified atom stereocenters. The lowest BCUT2D eigenvalue weighted by Gasteiger charge is -2.38. The zero-order chi connectivity index (χ0) is 53.9. The zero-order valence-corrected chi connectivity index (χ0v) is 44.4. The van der Waals surface area contributed by atoms with Gasteiger partial charge in [-0.15, -0.1) is 0 Å². The van der Waals surface area contributed by atoms with Crippen molar-refractivity contribution in [2.45, 2.75) is 92.9 Å². The molecule has 0 radical (unpaired) electrons. The highest BCUT2D eigenvalue weighted by molar-refractivity contribution is 8.55. The third kappa shape index (κ3) is 11.1. The average molecular weight is 1180 g/mol. The SMILES string of the molecule is CC(=O)SCCSP(=O)(O)OC[C@H]1O[C@@H](n2cnc3c(N)ncnc32)C(OP(O)(=S)OC[C@H]2O[C@@H](n3cnc4c(N)ncnc43)C(OP(=O)(O)OC[C@]34CCCOC3C(O)[C@H](n3cnc5c(N)ncnc53)O4)C2O)C1O. The molecule has 4 aliphatic heterocycles. The number of aliphatic hydroxyl groups is 3. The van der Waals surface area contributed by atoms with E-state index in [0.29, 0.717) is 17.8 Å². The number of hydrogen-bond donors (Lipinski definition) is 9. The van der Waals surface area contributed by atoms with Gasteiger partial charge in [0, 0.05) is 25.0 Å². The third-order valence-corrected chi connectivity index (χ3v) is 19.2. The Morgan fingerprint density at radius 3 is 1.75 bits per heavy atom. The molecule has 33 nitrogen and oxygen atoms in total. The van der Waals surface area contributed by atoms with Crippen LogP contribution < -0.4 is 17.2 Å². The molecule has 0 aromatic carbocycles. The summed E-state index contributed by atoms with van der Waals surface area (Å²) in [4.78, 5) is 82.1. The number of nitrogens with two attached hydrogens (primary N) is 3. The number of rotatable bonds is 20. The van der Waals surface area contributed by atoms with Gasteiger partial charge in [0.2, 0.25) is 0 Å². The van der Waals surface area contributed by atoms with Crippen LogP contribution in [0.5, 0.6) is 0 Å². The van der Waals surface area contributed by atoms with Crippen molar-refractivity contribution in [3.8, 4) is 0 Å². The highest BCUT2D eigenvalue weighted by atomic mass is 32.7. The number of phosphoric ester groups is 1. The van der Waals surface area contributed by atoms with Gasteiger partial charge in [0.1, 0.15) is 90.0 Å². The summed E-state index contributed by atoms with van der Waals surface area (Å²) in [5, 5.41) is 34.9. The average Bonchev–Trinajstić information content (AvgIpc) is 4.24. The second-order valence-corrected chi connectivity index (χ2v) is 26.9. The van der Waals surface area contributed by atoms with Crippen LogP contribution in [0.2, 0.25) is 0 Å². The van der Waals surface area contributed by atoms with E-state index in [0.717, 1.165) is 24.4 Å². The molecule has 12 N–H and O–H groups in total. The van der Waals surface area contributed by atoms with Gasteiger partial charge in [0.05, 0.1) is 38.8 Å². The molecule has 6 aromatic heterocycles. The number of ether oxygens (including phenoxy) is 4. The first-order valence-electron chi connectivity index (χ1n) is 22.6. The van der Waals surface area contributed by atoms with Crippen molar-refractivity contribution in [1.29, 1.82) is 0 Å². The van der Waals surface area contributed by atoms with Gasteiger partial charge in [-0.1, -0.05) is 11.8 Å². The van der Waals surface area contributed by atoms with Gasteiger partial charge in [0.25, 0.3) is 0 Å². The molecular formula is C37H48N15O18P3S3. The van der Waals surface area contributed by atoms with Crippen LogP contribution >= 0.6 is 44.5 Å². The van der Waals surface area contributed by atoms with Crippen LogP contribution in [-0.2, 0) is 67.3 Å². The number of carbonyl (C=O) groups excluding carboxylic acids is 1. The lowest BCUT2D eigenvalue weighted by atomic mass is 9.89. The first kappa shape index (κ1) is 55.3. The van der Waals surface area contributed by atoms with Crippen LogP contribution in [-0.4, -0.2) is 186 Å². The fourth-order valence-corrected chi connectivity index (χ4v) is 14.8. The lowest BCUT2D eigenvalue weighted by Crippen LogP contribution is -2.51. The molecule has 0 aliphatic carbocycles. The molecule has 6 aromatic rings. The number of aliphatic hydroxyl groups excluding tert-OH is 3. The van der Waals surface area contributed by atoms with Crippen LogP contribution in [0, 0.1) is 0 Å². The zero-order valence-electron chi connectivity index (χ0n) is 39.2. The summed E-state index contributed by atoms with van der Waals surface area (Å²) in [6, 6.07) is 0. The number of fused-ring (bicyclic) bond motifs is 4. The summed E-state index contributed by atoms with van der Waals surface area (Å²) in [6.45, 7) is -9.54. The molecule has 4 aliphatic rings. The van der Waals surface area contributed by atoms with Crippen molar-refractivity contribution in [3.63, 3.8) is 0 Å². The minimum Gasteiger partial charge on any atom is -0.387 e. The standard InChI is InChI=1S/C37H48N15O18P3S3/c1-16(53)75-5-6-76-72(59,60)63-7-17-23(55)26(36(66-17)52-15-49-21-30(40)43-12-46-33(21)52)70-73(61,74)64-8-18-22(54)25(35(67-18)51-14-48-20-29(39)42-11-45-32(20)51)69-71(57,58)65-9-37-3-2-4-62-27(37)24(56)34(68-37)50-13-47-19-28(38)41-10-44-31(19)50/h10-15,17-18,22-27,34-36,54-56H,2-9H2,1H3,(H,57,58)(H,59,60)(H,61,74)(H2,38,41,44)(H2,39,42,45)(H2,40,43,46)/t17-,18-,22?,23?,24?,25?,26?,27?,34-,35-,36-,37-,73?/m1/s1. The Hall–Kier alpha value is -4.07. The van der Waals surface area contributed by atoms with Crippen molar-refractivity contribution >= 4 is 112 Å². The van der Waals surface area contributed by atoms with E-state index in [1.54, 1.807) is 0 Å². The first-order chi connectivity index (χ1) is 36.1. The molecule has 76 heavy (non-hydrogen) atoms. The molecule has 10 heterocycles. The van der Waals surface area contributed by atoms with Crippen molar-refractivity contribution in [1.82, 2.24) is 58.6 Å². The van der Waals surface area contributed by atoms with Crippen LogP contribution in [0.3, 0.4) is 0 Å². The maximum atomic E-state index is 14.1. The van der Waals surface area contributed by atoms with E-state index in [1.165, 1.54) is 45.9 Å². The molecule has 0 spiro atoms. The number of nitrogens with zero attached hydrogens (tertiary/aromatic N) is 12. The minimum absolute atomic E-state index is 0.0119. The van der Waals surface area contributed by atoms with E-state index >= 15 is 0 Å². The second-order valence-electron chi connectivity index (χ2n) is 17.4. The van der Waals surface area contributed by atoms with Crippen LogP contribution in [0.15, 0.2) is 38.0 Å². The topological polar surface area (TPSA) is 465 Å². The molecule has 4 fully saturated rings. The predicted octanol–water partition coefficient (Wildman–Crippen LogP) is -0.172. The monoisotopic (exact) mass is 1180 g/mol. The normalized spacial score (nSPS) is 31.2. The Labute approximate surface area is 440 Å². The predicted molar refractivity (Wildman–Crippen MR) is 266 cm³/mol. The highest BCUT2D eigenvalue weighted by Gasteiger charge is 2.59. The number of hydrogen-bond acceptors (Lipinski definition) is 30. The number of aromatic nitrogens is 12. The molecule has 15 atom stereocenters. The van der Waals surface area contributed by atoms with Crippen molar-refractivity contribution in [3.05, 3.63) is 38.0 Å². The molecule has 412 valence electrons. The lowest BCUT2D eigenvalue weighted by molar-refractivity contribution is -0.165. The van der Waals surface area contributed by atoms with Crippen LogP contribution in [0.4, 0.5) is 17.5 Å². The molecule has 0 saturated carbocycles. The van der Waals surface area contributed by atoms with Gasteiger partial charge in [-0.05, 0) is 36.0 Å². The smallest absolute Gasteiger partial charge is 0.387 e. The fourth-order valence-electron chi connectivity index (χ4n) is 9.11. The second kappa shape index (κ2) is 21.9. The molecule has 4 saturated heterocycles. The number of imidazole rings is 3. The van der Waals surface area contributed by atoms with Crippen molar-refractivity contribution < 1.29 is 85.5 Å². The fraction of sp³-hybridized carbons (Fsp3) is 0.568. The summed E-state index contributed by atoms with van der Waals surface area (Å²) < 4.78 is 83.9. The van der Waals surface area contributed by atoms with Gasteiger partial charge in [-0.2, -0.15) is 0 Å². The minimum atomic E-state index is -5.30. The van der Waals surface area contributed by atoms with E-state index in [-0.39, 0.29) is 80.6 Å². The maximum Gasteiger partial charge on any atom is 0.472 e. The van der Waals surface area contributed by atoms with Gasteiger partial charge in [-0.25, -0.2) is 54.0 Å². The molecule has 10 rings (SSSR count). The summed E-state index contributed by atoms with van der Waals surface area (Å²) in [5.74, 6) is 0.342. The summed E-state index contributed by atoms with van der Waals surface area (Å²) in [7, 11) is -5.30. The quantitative estimate of drug-likeness (QED) is 0.0354. The Kier molecular flexibility index (Phi) is 15.9. The summed E-state index contributed by atoms with van der Waals surface area (Å²) >= 11 is 6.94. The van der Waals surface area contributed by atoms with Crippen LogP contribution in [0.1, 0.15) is 38.4 Å². The number of thioether (sulfide) groups is 1. The maximum absolute atomic E-state index is 14.1. The largest absolute Gasteiger partial charge is 0.472 e. The van der Waals surface area contributed by atoms with E-state index in [9.17, 15) is 43.9 Å².